The molecule has 0 heterocycles. The quantitative estimate of drug-likeness (QED) is 0.368. The minimum Gasteiger partial charge on any atom is -0.293 e. The number of ketones is 1. The fraction of sp³-hybridized carbons (Fsp3) is 0.318. The van der Waals surface area contributed by atoms with Crippen molar-refractivity contribution in [1.82, 2.24) is 0 Å². The van der Waals surface area contributed by atoms with E-state index in [-0.39, 0.29) is 17.3 Å². The van der Waals surface area contributed by atoms with Crippen LogP contribution in [-0.4, -0.2) is 38.2 Å². The molecule has 0 radical (unpaired) electrons. The summed E-state index contributed by atoms with van der Waals surface area (Å²) >= 11 is 0. The Bertz CT molecular complexity index is 1060. The van der Waals surface area contributed by atoms with Crippen molar-refractivity contribution in [2.24, 2.45) is 0 Å². The van der Waals surface area contributed by atoms with Crippen LogP contribution < -0.4 is 0 Å². The summed E-state index contributed by atoms with van der Waals surface area (Å²) in [6, 6.07) is 17.7. The third kappa shape index (κ3) is 4.74. The second-order valence-corrected chi connectivity index (χ2v) is 12.6. The largest absolute Gasteiger partial charge is 0.293 e. The fourth-order valence-corrected chi connectivity index (χ4v) is 7.49. The van der Waals surface area contributed by atoms with Gasteiger partial charge in [0.05, 0.1) is 11.5 Å². The third-order valence-electron chi connectivity index (χ3n) is 4.56. The molecule has 6 heteroatoms. The summed E-state index contributed by atoms with van der Waals surface area (Å²) in [6.45, 7) is 1.93. The standard InChI is InChI=1S/C22H26O4S2/c1-4-5-14-28(24,25)26-27(2,3)16-21(23)22-19-12-8-6-10-17(19)15-18-11-7-9-13-20(18)22/h6-13,15H,4-5,14,16H2,1-3H3. The Balaban J connectivity index is 1.98. The molecule has 0 unspecified atom stereocenters. The number of Topliss-reactive ketones (excluding diaryl/α,β-unsaturated/α-hetero) is 1. The van der Waals surface area contributed by atoms with Gasteiger partial charge in [0.1, 0.15) is 0 Å². The van der Waals surface area contributed by atoms with Crippen LogP contribution in [0.4, 0.5) is 0 Å². The van der Waals surface area contributed by atoms with Crippen molar-refractivity contribution < 1.29 is 16.8 Å². The number of fused-ring (bicyclic) bond motifs is 2. The Hall–Kier alpha value is -1.89. The molecule has 28 heavy (non-hydrogen) atoms. The highest BCUT2D eigenvalue weighted by Crippen LogP contribution is 2.44. The van der Waals surface area contributed by atoms with Gasteiger partial charge in [0.15, 0.2) is 5.78 Å². The summed E-state index contributed by atoms with van der Waals surface area (Å²) in [7, 11) is -5.72. The molecule has 4 nitrogen and oxygen atoms in total. The first-order valence-electron chi connectivity index (χ1n) is 9.31. The van der Waals surface area contributed by atoms with Crippen LogP contribution in [0.5, 0.6) is 0 Å². The second-order valence-electron chi connectivity index (χ2n) is 7.38. The van der Waals surface area contributed by atoms with Crippen molar-refractivity contribution in [2.45, 2.75) is 19.8 Å². The molecule has 0 aliphatic carbocycles. The third-order valence-corrected chi connectivity index (χ3v) is 8.61. The summed E-state index contributed by atoms with van der Waals surface area (Å²) in [4.78, 5) is 13.3. The maximum atomic E-state index is 13.3. The summed E-state index contributed by atoms with van der Waals surface area (Å²) in [5.74, 6) is -0.0273. The van der Waals surface area contributed by atoms with E-state index in [9.17, 15) is 13.2 Å². The zero-order valence-corrected chi connectivity index (χ0v) is 18.1. The molecular formula is C22H26O4S2. The van der Waals surface area contributed by atoms with Gasteiger partial charge in [-0.1, -0.05) is 61.9 Å². The molecule has 3 aromatic carbocycles. The van der Waals surface area contributed by atoms with E-state index >= 15 is 0 Å². The average Bonchev–Trinajstić information content (AvgIpc) is 2.63. The lowest BCUT2D eigenvalue weighted by atomic mass is 9.95. The topological polar surface area (TPSA) is 60.4 Å². The molecule has 0 amide bonds. The lowest BCUT2D eigenvalue weighted by Gasteiger charge is -2.29. The van der Waals surface area contributed by atoms with Gasteiger partial charge in [0.25, 0.3) is 10.1 Å². The number of hydrogen-bond acceptors (Lipinski definition) is 4. The van der Waals surface area contributed by atoms with E-state index in [0.717, 1.165) is 28.0 Å². The molecule has 0 N–H and O–H groups in total. The Labute approximate surface area is 168 Å². The zero-order chi connectivity index (χ0) is 20.4. The van der Waals surface area contributed by atoms with Crippen molar-refractivity contribution in [3.8, 4) is 0 Å². The normalized spacial score (nSPS) is 13.1. The second kappa shape index (κ2) is 8.23. The van der Waals surface area contributed by atoms with E-state index in [1.807, 2.05) is 55.5 Å². The first kappa shape index (κ1) is 20.8. The predicted molar refractivity (Wildman–Crippen MR) is 120 cm³/mol. The van der Waals surface area contributed by atoms with E-state index in [0.29, 0.717) is 12.0 Å². The molecule has 0 saturated heterocycles. The van der Waals surface area contributed by atoms with Crippen LogP contribution in [-0.2, 0) is 13.7 Å². The SMILES string of the molecule is CCCCS(=O)(=O)OS(C)(C)CC(=O)c1c2ccccc2cc2ccccc12. The van der Waals surface area contributed by atoms with Crippen molar-refractivity contribution in [3.63, 3.8) is 0 Å². The van der Waals surface area contributed by atoms with Gasteiger partial charge in [-0.15, -0.1) is 10.3 Å². The summed E-state index contributed by atoms with van der Waals surface area (Å²) in [5, 5.41) is 3.76. The van der Waals surface area contributed by atoms with Gasteiger partial charge in [0.2, 0.25) is 0 Å². The Morgan fingerprint density at radius 2 is 1.46 bits per heavy atom. The Morgan fingerprint density at radius 1 is 0.929 bits per heavy atom. The molecule has 0 saturated carbocycles. The molecule has 0 atom stereocenters. The van der Waals surface area contributed by atoms with Crippen molar-refractivity contribution in [3.05, 3.63) is 60.2 Å². The van der Waals surface area contributed by atoms with Crippen LogP contribution in [0.25, 0.3) is 21.5 Å². The summed E-state index contributed by atoms with van der Waals surface area (Å²) < 4.78 is 29.9. The van der Waals surface area contributed by atoms with E-state index in [1.165, 1.54) is 0 Å². The van der Waals surface area contributed by atoms with Crippen LogP contribution in [0.2, 0.25) is 0 Å². The first-order chi connectivity index (χ1) is 13.2. The number of carbonyl (C=O) groups is 1. The summed E-state index contributed by atoms with van der Waals surface area (Å²) in [5.41, 5.74) is 0.642. The van der Waals surface area contributed by atoms with Gasteiger partial charge in [-0.3, -0.25) is 4.79 Å². The minimum atomic E-state index is -3.63. The van der Waals surface area contributed by atoms with E-state index in [4.69, 9.17) is 3.63 Å². The van der Waals surface area contributed by atoms with Crippen LogP contribution in [0.15, 0.2) is 54.6 Å². The van der Waals surface area contributed by atoms with E-state index in [2.05, 4.69) is 6.07 Å². The molecule has 0 fully saturated rings. The summed E-state index contributed by atoms with van der Waals surface area (Å²) in [6.07, 6.45) is 4.81. The van der Waals surface area contributed by atoms with Crippen LogP contribution in [0.3, 0.4) is 0 Å². The highest BCUT2D eigenvalue weighted by molar-refractivity contribution is 8.32. The van der Waals surface area contributed by atoms with E-state index in [1.54, 1.807) is 12.5 Å². The molecule has 3 aromatic rings. The van der Waals surface area contributed by atoms with Gasteiger partial charge in [0, 0.05) is 5.56 Å². The van der Waals surface area contributed by atoms with Crippen molar-refractivity contribution >= 4 is 47.8 Å². The first-order valence-corrected chi connectivity index (χ1v) is 13.4. The predicted octanol–water partition coefficient (Wildman–Crippen LogP) is 5.30. The molecule has 0 bridgehead atoms. The molecule has 0 aromatic heterocycles. The minimum absolute atomic E-state index is 0.00861. The molecule has 0 spiro atoms. The lowest BCUT2D eigenvalue weighted by Crippen LogP contribution is -2.20. The maximum Gasteiger partial charge on any atom is 0.276 e. The fourth-order valence-electron chi connectivity index (χ4n) is 3.36. The number of hydrogen-bond donors (Lipinski definition) is 0. The molecular weight excluding hydrogens is 392 g/mol. The number of unbranched alkanes of at least 4 members (excludes halogenated alkanes) is 1. The number of carbonyl (C=O) groups excluding carboxylic acids is 1. The Kier molecular flexibility index (Phi) is 6.12. The molecule has 0 aliphatic rings. The molecule has 150 valence electrons. The van der Waals surface area contributed by atoms with E-state index < -0.39 is 20.4 Å². The Morgan fingerprint density at radius 3 is 2.00 bits per heavy atom. The number of benzene rings is 3. The van der Waals surface area contributed by atoms with Crippen LogP contribution >= 0.6 is 10.3 Å². The van der Waals surface area contributed by atoms with Crippen LogP contribution in [0, 0.1) is 0 Å². The maximum absolute atomic E-state index is 13.3. The molecule has 0 aliphatic heterocycles. The average molecular weight is 419 g/mol. The smallest absolute Gasteiger partial charge is 0.276 e. The highest BCUT2D eigenvalue weighted by Gasteiger charge is 2.27. The monoisotopic (exact) mass is 418 g/mol. The number of rotatable bonds is 8. The van der Waals surface area contributed by atoms with Gasteiger partial charge >= 0.3 is 0 Å². The van der Waals surface area contributed by atoms with Crippen LogP contribution in [0.1, 0.15) is 30.1 Å². The zero-order valence-electron chi connectivity index (χ0n) is 16.5. The van der Waals surface area contributed by atoms with Crippen molar-refractivity contribution in [1.29, 1.82) is 0 Å². The lowest BCUT2D eigenvalue weighted by molar-refractivity contribution is 0.102. The van der Waals surface area contributed by atoms with Gasteiger partial charge in [-0.2, -0.15) is 8.42 Å². The van der Waals surface area contributed by atoms with Crippen molar-refractivity contribution in [2.75, 3.05) is 24.0 Å². The van der Waals surface area contributed by atoms with Gasteiger partial charge in [-0.25, -0.2) is 3.63 Å². The van der Waals surface area contributed by atoms with Gasteiger partial charge < -0.3 is 0 Å². The highest BCUT2D eigenvalue weighted by atomic mass is 32.3. The van der Waals surface area contributed by atoms with Gasteiger partial charge in [-0.05, 0) is 46.5 Å². The molecule has 3 rings (SSSR count).